The lowest BCUT2D eigenvalue weighted by atomic mass is 9.89. The third kappa shape index (κ3) is 4.99. The van der Waals surface area contributed by atoms with E-state index in [2.05, 4.69) is 228 Å². The summed E-state index contributed by atoms with van der Waals surface area (Å²) in [6.45, 7) is 0. The van der Waals surface area contributed by atoms with Gasteiger partial charge < -0.3 is 4.57 Å². The highest BCUT2D eigenvalue weighted by molar-refractivity contribution is 6.39. The summed E-state index contributed by atoms with van der Waals surface area (Å²) in [6, 6.07) is 79.0. The lowest BCUT2D eigenvalue weighted by Gasteiger charge is -2.15. The van der Waals surface area contributed by atoms with E-state index in [4.69, 9.17) is 9.97 Å². The summed E-state index contributed by atoms with van der Waals surface area (Å²) in [5.74, 6) is 0.642. The zero-order valence-electron chi connectivity index (χ0n) is 34.6. The van der Waals surface area contributed by atoms with Crippen molar-refractivity contribution in [2.24, 2.45) is 0 Å². The van der Waals surface area contributed by atoms with Crippen molar-refractivity contribution >= 4 is 86.8 Å². The Balaban J connectivity index is 1.17. The van der Waals surface area contributed by atoms with Gasteiger partial charge in [0.15, 0.2) is 0 Å². The van der Waals surface area contributed by atoms with Crippen molar-refractivity contribution in [2.75, 3.05) is 0 Å². The van der Waals surface area contributed by atoms with Gasteiger partial charge >= 0.3 is 0 Å². The van der Waals surface area contributed by atoms with Gasteiger partial charge in [0.25, 0.3) is 0 Å². The molecule has 14 rings (SSSR count). The number of rotatable bonds is 5. The molecule has 0 N–H and O–H groups in total. The van der Waals surface area contributed by atoms with Crippen molar-refractivity contribution in [3.8, 4) is 45.1 Å². The topological polar surface area (TPSA) is 35.6 Å². The Labute approximate surface area is 367 Å². The first kappa shape index (κ1) is 35.0. The summed E-state index contributed by atoms with van der Waals surface area (Å²) in [6.07, 6.45) is 0. The number of aromatic nitrogens is 4. The fourth-order valence-corrected chi connectivity index (χ4v) is 10.7. The van der Waals surface area contributed by atoms with Gasteiger partial charge in [-0.1, -0.05) is 170 Å². The van der Waals surface area contributed by atoms with E-state index in [1.807, 2.05) is 0 Å². The summed E-state index contributed by atoms with van der Waals surface area (Å²) in [5.41, 5.74) is 13.1. The number of nitrogens with zero attached hydrogens (tertiary/aromatic N) is 4. The van der Waals surface area contributed by atoms with Crippen LogP contribution in [0.3, 0.4) is 0 Å². The molecular formula is C60H36N4. The van der Waals surface area contributed by atoms with Gasteiger partial charge in [-0.3, -0.25) is 4.57 Å². The zero-order valence-corrected chi connectivity index (χ0v) is 34.6. The standard InChI is InChI=1S/C60H36N4/c1-4-17-37(18-5-1)39-31-32-49-51(34-39)61-60(62-58(49)38-19-6-2-7-20-38)64-53-36-41(44-28-16-29-48-46-26-14-15-30-52(46)63(59(44)48)42-22-8-3-9-23-42)33-50-45-25-12-13-27-47(45)55-43-24-11-10-21-40(43)35-54(64)57(55)56(50)53/h1-36H. The van der Waals surface area contributed by atoms with Crippen molar-refractivity contribution in [1.82, 2.24) is 19.1 Å². The fraction of sp³-hybridized carbons (Fsp3) is 0. The quantitative estimate of drug-likeness (QED) is 0.162. The molecule has 0 fully saturated rings. The van der Waals surface area contributed by atoms with Crippen LogP contribution in [0.25, 0.3) is 132 Å². The van der Waals surface area contributed by atoms with Crippen LogP contribution in [0, 0.1) is 0 Å². The smallest absolute Gasteiger partial charge is 0.235 e. The molecule has 14 aromatic rings. The van der Waals surface area contributed by atoms with Gasteiger partial charge in [0, 0.05) is 49.1 Å². The van der Waals surface area contributed by atoms with E-state index in [1.54, 1.807) is 0 Å². The summed E-state index contributed by atoms with van der Waals surface area (Å²) in [4.78, 5) is 11.2. The van der Waals surface area contributed by atoms with E-state index in [9.17, 15) is 0 Å². The second-order valence-electron chi connectivity index (χ2n) is 16.9. The van der Waals surface area contributed by atoms with Crippen molar-refractivity contribution in [1.29, 1.82) is 0 Å². The molecule has 0 radical (unpaired) electrons. The largest absolute Gasteiger partial charge is 0.309 e. The van der Waals surface area contributed by atoms with Gasteiger partial charge in [-0.2, -0.15) is 0 Å². The number of benzene rings is 11. The van der Waals surface area contributed by atoms with Gasteiger partial charge in [0.1, 0.15) is 0 Å². The first-order valence-corrected chi connectivity index (χ1v) is 21.9. The van der Waals surface area contributed by atoms with Gasteiger partial charge in [0.2, 0.25) is 5.95 Å². The molecule has 0 saturated carbocycles. The van der Waals surface area contributed by atoms with Crippen LogP contribution in [0.5, 0.6) is 0 Å². The van der Waals surface area contributed by atoms with E-state index >= 15 is 0 Å². The van der Waals surface area contributed by atoms with Crippen LogP contribution in [-0.2, 0) is 0 Å². The predicted molar refractivity (Wildman–Crippen MR) is 268 cm³/mol. The van der Waals surface area contributed by atoms with Crippen molar-refractivity contribution in [3.05, 3.63) is 218 Å². The van der Waals surface area contributed by atoms with E-state index in [0.717, 1.165) is 61.1 Å². The highest BCUT2D eigenvalue weighted by Crippen LogP contribution is 2.49. The Morgan fingerprint density at radius 1 is 0.312 bits per heavy atom. The Morgan fingerprint density at radius 2 is 0.969 bits per heavy atom. The van der Waals surface area contributed by atoms with E-state index in [-0.39, 0.29) is 0 Å². The van der Waals surface area contributed by atoms with Gasteiger partial charge in [-0.05, 0) is 92.2 Å². The second kappa shape index (κ2) is 13.4. The van der Waals surface area contributed by atoms with Crippen LogP contribution in [-0.4, -0.2) is 19.1 Å². The highest BCUT2D eigenvalue weighted by atomic mass is 15.2. The van der Waals surface area contributed by atoms with Crippen molar-refractivity contribution < 1.29 is 0 Å². The third-order valence-corrected chi connectivity index (χ3v) is 13.4. The predicted octanol–water partition coefficient (Wildman–Crippen LogP) is 15.7. The minimum Gasteiger partial charge on any atom is -0.309 e. The number of hydrogen-bond donors (Lipinski definition) is 0. The molecule has 0 spiro atoms. The fourth-order valence-electron chi connectivity index (χ4n) is 10.7. The normalized spacial score (nSPS) is 12.1. The average molecular weight is 813 g/mol. The van der Waals surface area contributed by atoms with Crippen LogP contribution in [0.1, 0.15) is 0 Å². The molecule has 0 amide bonds. The Bertz CT molecular complexity index is 4170. The SMILES string of the molecule is c1ccc(-c2ccc3c(-c4ccccc4)nc(-n4c5cc(-c6cccc7c8ccccc8n(-c8ccccc8)c67)cc6c7ccccc7c7c8ccccc8cc4c7c65)nc3c2)cc1. The molecular weight excluding hydrogens is 777 g/mol. The minimum absolute atomic E-state index is 0.642. The van der Waals surface area contributed by atoms with Crippen LogP contribution in [0.2, 0.25) is 0 Å². The zero-order chi connectivity index (χ0) is 41.9. The molecule has 0 saturated heterocycles. The van der Waals surface area contributed by atoms with Crippen LogP contribution in [0.4, 0.5) is 0 Å². The average Bonchev–Trinajstić information content (AvgIpc) is 3.88. The molecule has 296 valence electrons. The number of para-hydroxylation sites is 3. The van der Waals surface area contributed by atoms with Crippen LogP contribution in [0.15, 0.2) is 218 Å². The van der Waals surface area contributed by atoms with Crippen molar-refractivity contribution in [2.45, 2.75) is 0 Å². The molecule has 11 aromatic carbocycles. The molecule has 3 aromatic heterocycles. The van der Waals surface area contributed by atoms with E-state index in [0.29, 0.717) is 5.95 Å². The van der Waals surface area contributed by atoms with Crippen molar-refractivity contribution in [3.63, 3.8) is 0 Å². The molecule has 0 aliphatic carbocycles. The summed E-state index contributed by atoms with van der Waals surface area (Å²) in [7, 11) is 0. The first-order chi connectivity index (χ1) is 31.8. The van der Waals surface area contributed by atoms with Gasteiger partial charge in [-0.15, -0.1) is 0 Å². The van der Waals surface area contributed by atoms with Crippen LogP contribution >= 0.6 is 0 Å². The van der Waals surface area contributed by atoms with E-state index in [1.165, 1.54) is 64.9 Å². The molecule has 0 aliphatic heterocycles. The molecule has 0 aliphatic rings. The molecule has 0 unspecified atom stereocenters. The minimum atomic E-state index is 0.642. The first-order valence-electron chi connectivity index (χ1n) is 21.9. The molecule has 3 heterocycles. The monoisotopic (exact) mass is 812 g/mol. The van der Waals surface area contributed by atoms with Gasteiger partial charge in [-0.25, -0.2) is 9.97 Å². The third-order valence-electron chi connectivity index (χ3n) is 13.4. The summed E-state index contributed by atoms with van der Waals surface area (Å²) in [5, 5.41) is 13.3. The Kier molecular flexibility index (Phi) is 7.36. The second-order valence-corrected chi connectivity index (χ2v) is 16.9. The van der Waals surface area contributed by atoms with Gasteiger partial charge in [0.05, 0.1) is 33.3 Å². The molecule has 0 bridgehead atoms. The highest BCUT2D eigenvalue weighted by Gasteiger charge is 2.26. The summed E-state index contributed by atoms with van der Waals surface area (Å²) >= 11 is 0. The molecule has 0 atom stereocenters. The number of fused-ring (bicyclic) bond motifs is 9. The van der Waals surface area contributed by atoms with Crippen LogP contribution < -0.4 is 0 Å². The Morgan fingerprint density at radius 3 is 1.78 bits per heavy atom. The lowest BCUT2D eigenvalue weighted by molar-refractivity contribution is 1.01. The molecule has 4 nitrogen and oxygen atoms in total. The Hall–Kier alpha value is -8.60. The number of hydrogen-bond acceptors (Lipinski definition) is 2. The molecule has 4 heteroatoms. The molecule has 64 heavy (non-hydrogen) atoms. The maximum Gasteiger partial charge on any atom is 0.235 e. The summed E-state index contributed by atoms with van der Waals surface area (Å²) < 4.78 is 4.79. The van der Waals surface area contributed by atoms with E-state index < -0.39 is 0 Å². The lowest BCUT2D eigenvalue weighted by Crippen LogP contribution is -2.04. The maximum atomic E-state index is 5.61. The maximum absolute atomic E-state index is 5.61.